The second-order valence-electron chi connectivity index (χ2n) is 6.79. The van der Waals surface area contributed by atoms with Crippen LogP contribution >= 0.6 is 0 Å². The van der Waals surface area contributed by atoms with Crippen molar-refractivity contribution in [1.29, 1.82) is 0 Å². The van der Waals surface area contributed by atoms with Crippen LogP contribution in [0.4, 0.5) is 0 Å². The molecule has 0 heterocycles. The zero-order chi connectivity index (χ0) is 14.8. The van der Waals surface area contributed by atoms with E-state index in [-0.39, 0.29) is 35.2 Å². The number of allylic oxidation sites excluding steroid dienone is 6. The van der Waals surface area contributed by atoms with Gasteiger partial charge in [-0.1, -0.05) is 48.6 Å². The van der Waals surface area contributed by atoms with E-state index in [0.29, 0.717) is 11.8 Å². The molecule has 0 radical (unpaired) electrons. The number of ketones is 2. The summed E-state index contributed by atoms with van der Waals surface area (Å²) in [5.41, 5.74) is 2.57. The predicted molar refractivity (Wildman–Crippen MR) is 83.3 cm³/mol. The SMILES string of the molecule is O=C1C=CC(=O)[C@H]2[C@H]1[C@@H]1c3ccccc3[C@@H]2[C@H]2C=CC=C[C@H]21. The van der Waals surface area contributed by atoms with E-state index in [0.717, 1.165) is 0 Å². The molecule has 2 bridgehead atoms. The topological polar surface area (TPSA) is 34.1 Å². The summed E-state index contributed by atoms with van der Waals surface area (Å²) in [7, 11) is 0. The zero-order valence-electron chi connectivity index (χ0n) is 12.1. The first-order chi connectivity index (χ1) is 10.8. The molecule has 1 fully saturated rings. The Kier molecular flexibility index (Phi) is 2.33. The largest absolute Gasteiger partial charge is 0.294 e. The average molecular weight is 288 g/mol. The van der Waals surface area contributed by atoms with Gasteiger partial charge in [-0.15, -0.1) is 0 Å². The molecular formula is C20H16O2. The van der Waals surface area contributed by atoms with Crippen LogP contribution in [0.25, 0.3) is 0 Å². The zero-order valence-corrected chi connectivity index (χ0v) is 12.1. The highest BCUT2D eigenvalue weighted by atomic mass is 16.1. The van der Waals surface area contributed by atoms with Crippen molar-refractivity contribution in [1.82, 2.24) is 0 Å². The number of hydrogen-bond acceptors (Lipinski definition) is 2. The predicted octanol–water partition coefficient (Wildman–Crippen LogP) is 3.18. The lowest BCUT2D eigenvalue weighted by atomic mass is 9.46. The molecule has 0 saturated heterocycles. The lowest BCUT2D eigenvalue weighted by Crippen LogP contribution is -2.53. The summed E-state index contributed by atoms with van der Waals surface area (Å²) < 4.78 is 0. The van der Waals surface area contributed by atoms with Gasteiger partial charge in [0.2, 0.25) is 0 Å². The van der Waals surface area contributed by atoms with Crippen LogP contribution in [0.2, 0.25) is 0 Å². The number of rotatable bonds is 0. The van der Waals surface area contributed by atoms with Crippen molar-refractivity contribution < 1.29 is 9.59 Å². The molecule has 108 valence electrons. The minimum atomic E-state index is -0.171. The summed E-state index contributed by atoms with van der Waals surface area (Å²) in [6, 6.07) is 8.41. The van der Waals surface area contributed by atoms with Crippen molar-refractivity contribution in [3.8, 4) is 0 Å². The molecule has 1 aromatic carbocycles. The van der Waals surface area contributed by atoms with E-state index in [9.17, 15) is 9.59 Å². The summed E-state index contributed by atoms with van der Waals surface area (Å²) in [5.74, 6) is 0.886. The lowest BCUT2D eigenvalue weighted by Gasteiger charge is -2.56. The van der Waals surface area contributed by atoms with Crippen molar-refractivity contribution in [2.75, 3.05) is 0 Å². The molecule has 1 aromatic rings. The molecule has 2 nitrogen and oxygen atoms in total. The molecule has 0 spiro atoms. The summed E-state index contributed by atoms with van der Waals surface area (Å²) in [6.45, 7) is 0. The van der Waals surface area contributed by atoms with E-state index in [1.807, 2.05) is 0 Å². The number of carbonyl (C=O) groups is 2. The fourth-order valence-corrected chi connectivity index (χ4v) is 5.30. The van der Waals surface area contributed by atoms with Crippen molar-refractivity contribution in [2.45, 2.75) is 11.8 Å². The first kappa shape index (κ1) is 12.3. The number of carbonyl (C=O) groups excluding carboxylic acids is 2. The molecule has 0 amide bonds. The fourth-order valence-electron chi connectivity index (χ4n) is 5.30. The molecular weight excluding hydrogens is 272 g/mol. The normalized spacial score (nSPS) is 40.4. The highest BCUT2D eigenvalue weighted by Crippen LogP contribution is 2.63. The minimum Gasteiger partial charge on any atom is -0.294 e. The van der Waals surface area contributed by atoms with E-state index >= 15 is 0 Å². The van der Waals surface area contributed by atoms with Gasteiger partial charge in [-0.2, -0.15) is 0 Å². The Hall–Kier alpha value is -2.22. The van der Waals surface area contributed by atoms with Gasteiger partial charge >= 0.3 is 0 Å². The highest BCUT2D eigenvalue weighted by Gasteiger charge is 2.59. The molecule has 1 saturated carbocycles. The third kappa shape index (κ3) is 1.36. The van der Waals surface area contributed by atoms with Gasteiger partial charge in [0.1, 0.15) is 0 Å². The summed E-state index contributed by atoms with van der Waals surface area (Å²) in [4.78, 5) is 25.1. The van der Waals surface area contributed by atoms with Crippen LogP contribution in [0.5, 0.6) is 0 Å². The monoisotopic (exact) mass is 288 g/mol. The first-order valence-corrected chi connectivity index (χ1v) is 7.97. The van der Waals surface area contributed by atoms with Crippen molar-refractivity contribution in [3.63, 3.8) is 0 Å². The second kappa shape index (κ2) is 4.16. The van der Waals surface area contributed by atoms with Crippen molar-refractivity contribution in [3.05, 3.63) is 71.8 Å². The Balaban J connectivity index is 1.80. The smallest absolute Gasteiger partial charge is 0.160 e. The summed E-state index contributed by atoms with van der Waals surface area (Å²) in [6.07, 6.45) is 11.7. The van der Waals surface area contributed by atoms with Crippen LogP contribution in [-0.4, -0.2) is 11.6 Å². The molecule has 5 aliphatic rings. The van der Waals surface area contributed by atoms with Crippen LogP contribution < -0.4 is 0 Å². The molecule has 6 atom stereocenters. The molecule has 22 heavy (non-hydrogen) atoms. The van der Waals surface area contributed by atoms with Gasteiger partial charge in [0.25, 0.3) is 0 Å². The first-order valence-electron chi connectivity index (χ1n) is 7.97. The van der Waals surface area contributed by atoms with Gasteiger partial charge in [0, 0.05) is 23.7 Å². The molecule has 0 N–H and O–H groups in total. The Bertz CT molecular complexity index is 718. The highest BCUT2D eigenvalue weighted by molar-refractivity contribution is 6.08. The minimum absolute atomic E-state index is 0.135. The third-order valence-corrected chi connectivity index (χ3v) is 6.00. The van der Waals surface area contributed by atoms with Gasteiger partial charge in [0.05, 0.1) is 0 Å². The third-order valence-electron chi connectivity index (χ3n) is 6.00. The quantitative estimate of drug-likeness (QED) is 0.735. The standard InChI is InChI=1S/C20H16O2/c21-15-9-10-16(22)20-18-12-6-2-1-5-11(12)17(19(15)20)13-7-3-4-8-14(13)18/h1-12,17-20H/t11-,12+,17-,18-,19+,20+/m0/s1. The van der Waals surface area contributed by atoms with E-state index in [1.54, 1.807) is 0 Å². The van der Waals surface area contributed by atoms with Crippen molar-refractivity contribution in [2.24, 2.45) is 23.7 Å². The Morgan fingerprint density at radius 3 is 1.55 bits per heavy atom. The van der Waals surface area contributed by atoms with Gasteiger partial charge < -0.3 is 0 Å². The maximum Gasteiger partial charge on any atom is 0.160 e. The molecule has 5 aliphatic carbocycles. The number of benzene rings is 1. The Labute approximate surface area is 129 Å². The Morgan fingerprint density at radius 1 is 0.636 bits per heavy atom. The molecule has 2 heteroatoms. The maximum absolute atomic E-state index is 12.6. The van der Waals surface area contributed by atoms with Crippen LogP contribution in [0, 0.1) is 23.7 Å². The van der Waals surface area contributed by atoms with Gasteiger partial charge in [-0.25, -0.2) is 0 Å². The summed E-state index contributed by atoms with van der Waals surface area (Å²) in [5, 5.41) is 0. The lowest BCUT2D eigenvalue weighted by molar-refractivity contribution is -0.135. The molecule has 0 unspecified atom stereocenters. The second-order valence-corrected chi connectivity index (χ2v) is 6.79. The van der Waals surface area contributed by atoms with Crippen LogP contribution in [0.1, 0.15) is 23.0 Å². The number of hydrogen-bond donors (Lipinski definition) is 0. The van der Waals surface area contributed by atoms with Crippen LogP contribution in [-0.2, 0) is 9.59 Å². The van der Waals surface area contributed by atoms with E-state index < -0.39 is 0 Å². The summed E-state index contributed by atoms with van der Waals surface area (Å²) >= 11 is 0. The van der Waals surface area contributed by atoms with E-state index in [4.69, 9.17) is 0 Å². The van der Waals surface area contributed by atoms with Crippen LogP contribution in [0.15, 0.2) is 60.7 Å². The van der Waals surface area contributed by atoms with Gasteiger partial charge in [0.15, 0.2) is 11.6 Å². The van der Waals surface area contributed by atoms with E-state index in [2.05, 4.69) is 48.6 Å². The van der Waals surface area contributed by atoms with Gasteiger partial charge in [-0.05, 0) is 35.1 Å². The van der Waals surface area contributed by atoms with Gasteiger partial charge in [-0.3, -0.25) is 9.59 Å². The fraction of sp³-hybridized carbons (Fsp3) is 0.300. The molecule has 0 aromatic heterocycles. The van der Waals surface area contributed by atoms with Crippen LogP contribution in [0.3, 0.4) is 0 Å². The van der Waals surface area contributed by atoms with E-state index in [1.165, 1.54) is 23.3 Å². The average Bonchev–Trinajstić information content (AvgIpc) is 2.58. The molecule has 0 aliphatic heterocycles. The maximum atomic E-state index is 12.6. The Morgan fingerprint density at radius 2 is 1.09 bits per heavy atom. The molecule has 6 rings (SSSR count). The van der Waals surface area contributed by atoms with Crippen molar-refractivity contribution >= 4 is 11.6 Å².